The fourth-order valence-corrected chi connectivity index (χ4v) is 4.72. The zero-order chi connectivity index (χ0) is 21.8. The van der Waals surface area contributed by atoms with Gasteiger partial charge in [-0.1, -0.05) is 36.4 Å². The molecule has 0 bridgehead atoms. The molecule has 0 amide bonds. The minimum atomic E-state index is -0.769. The maximum atomic E-state index is 5.24. The average Bonchev–Trinajstić information content (AvgIpc) is 3.79. The molecule has 164 valence electrons. The molecule has 3 aliphatic rings. The van der Waals surface area contributed by atoms with Crippen molar-refractivity contribution in [1.82, 2.24) is 20.0 Å². The Hall–Kier alpha value is -3.64. The van der Waals surface area contributed by atoms with Crippen LogP contribution >= 0.6 is 0 Å². The van der Waals surface area contributed by atoms with Gasteiger partial charge in [0, 0.05) is 36.3 Å². The lowest BCUT2D eigenvalue weighted by Crippen LogP contribution is -2.53. The van der Waals surface area contributed by atoms with E-state index in [0.717, 1.165) is 28.3 Å². The Kier molecular flexibility index (Phi) is 4.11. The molecular weight excluding hydrogens is 408 g/mol. The number of aliphatic imine (C=N–C) groups is 1. The van der Waals surface area contributed by atoms with Gasteiger partial charge < -0.3 is 10.6 Å². The maximum absolute atomic E-state index is 5.24. The van der Waals surface area contributed by atoms with Gasteiger partial charge in [0.2, 0.25) is 5.79 Å². The lowest BCUT2D eigenvalue weighted by Gasteiger charge is -2.33. The monoisotopic (exact) mass is 434 g/mol. The number of pyridine rings is 1. The standard InChI is InChI=1S/C27H26N6/c1-2-6-19-17-20(9-8-18(19)5-1)24-25(27(32-22-12-13-22)28-14-4-15-29-27)33-16-3-7-23(26(33)31-24)30-21-10-11-21/h1-9,14-17,21-22,28,30,32H,10-13H2. The number of fused-ring (bicyclic) bond motifs is 2. The number of aromatic nitrogens is 2. The van der Waals surface area contributed by atoms with Gasteiger partial charge in [-0.05, 0) is 60.7 Å². The van der Waals surface area contributed by atoms with E-state index in [4.69, 9.17) is 9.98 Å². The molecule has 1 aliphatic heterocycles. The van der Waals surface area contributed by atoms with Gasteiger partial charge in [0.25, 0.3) is 0 Å². The summed E-state index contributed by atoms with van der Waals surface area (Å²) in [5, 5.41) is 13.4. The van der Waals surface area contributed by atoms with E-state index in [-0.39, 0.29) is 0 Å². The van der Waals surface area contributed by atoms with Crippen LogP contribution in [0.15, 0.2) is 78.1 Å². The second-order valence-corrected chi connectivity index (χ2v) is 9.32. The minimum Gasteiger partial charge on any atom is -0.379 e. The molecule has 33 heavy (non-hydrogen) atoms. The third-order valence-corrected chi connectivity index (χ3v) is 6.69. The molecule has 2 fully saturated rings. The molecule has 1 unspecified atom stereocenters. The van der Waals surface area contributed by atoms with Gasteiger partial charge in [-0.2, -0.15) is 0 Å². The maximum Gasteiger partial charge on any atom is 0.229 e. The molecule has 2 aromatic carbocycles. The Morgan fingerprint density at radius 3 is 2.58 bits per heavy atom. The van der Waals surface area contributed by atoms with Crippen molar-refractivity contribution in [3.63, 3.8) is 0 Å². The van der Waals surface area contributed by atoms with Gasteiger partial charge in [-0.3, -0.25) is 9.72 Å². The van der Waals surface area contributed by atoms with Crippen molar-refractivity contribution in [2.45, 2.75) is 43.6 Å². The summed E-state index contributed by atoms with van der Waals surface area (Å²) in [4.78, 5) is 10.2. The van der Waals surface area contributed by atoms with Crippen molar-refractivity contribution < 1.29 is 0 Å². The fraction of sp³-hybridized carbons (Fsp3) is 0.259. The SMILES string of the molecule is C1=CNC(NC2CC2)(c2c(-c3ccc4ccccc4c3)nc3c(NC4CC4)cccn23)N=C1. The van der Waals surface area contributed by atoms with Crippen molar-refractivity contribution in [3.8, 4) is 11.3 Å². The highest BCUT2D eigenvalue weighted by molar-refractivity contribution is 5.88. The molecule has 3 N–H and O–H groups in total. The van der Waals surface area contributed by atoms with E-state index < -0.39 is 5.79 Å². The number of nitrogens with zero attached hydrogens (tertiary/aromatic N) is 3. The highest BCUT2D eigenvalue weighted by Gasteiger charge is 2.42. The van der Waals surface area contributed by atoms with E-state index in [9.17, 15) is 0 Å². The first kappa shape index (κ1) is 18.9. The van der Waals surface area contributed by atoms with E-state index in [2.05, 4.69) is 81.1 Å². The fourth-order valence-electron chi connectivity index (χ4n) is 4.72. The Bertz CT molecular complexity index is 1430. The van der Waals surface area contributed by atoms with Crippen LogP contribution in [0.25, 0.3) is 27.7 Å². The Morgan fingerprint density at radius 1 is 0.939 bits per heavy atom. The lowest BCUT2D eigenvalue weighted by molar-refractivity contribution is 0.292. The molecule has 4 aromatic rings. The van der Waals surface area contributed by atoms with Gasteiger partial charge in [0.05, 0.1) is 11.4 Å². The molecule has 6 heteroatoms. The predicted octanol–water partition coefficient (Wildman–Crippen LogP) is 4.78. The van der Waals surface area contributed by atoms with Crippen LogP contribution in [-0.4, -0.2) is 27.7 Å². The third-order valence-electron chi connectivity index (χ3n) is 6.69. The number of allylic oxidation sites excluding steroid dienone is 1. The zero-order valence-corrected chi connectivity index (χ0v) is 18.3. The smallest absolute Gasteiger partial charge is 0.229 e. The van der Waals surface area contributed by atoms with Gasteiger partial charge in [0.15, 0.2) is 5.65 Å². The minimum absolute atomic E-state index is 0.448. The van der Waals surface area contributed by atoms with Crippen LogP contribution in [0.5, 0.6) is 0 Å². The highest BCUT2D eigenvalue weighted by atomic mass is 15.4. The van der Waals surface area contributed by atoms with Crippen LogP contribution in [0.1, 0.15) is 31.4 Å². The van der Waals surface area contributed by atoms with E-state index in [0.29, 0.717) is 12.1 Å². The molecule has 3 heterocycles. The summed E-state index contributed by atoms with van der Waals surface area (Å²) >= 11 is 0. The summed E-state index contributed by atoms with van der Waals surface area (Å²) in [7, 11) is 0. The number of benzene rings is 2. The molecule has 2 saturated carbocycles. The predicted molar refractivity (Wildman–Crippen MR) is 133 cm³/mol. The molecular formula is C27H26N6. The van der Waals surface area contributed by atoms with Gasteiger partial charge >= 0.3 is 0 Å². The quantitative estimate of drug-likeness (QED) is 0.409. The van der Waals surface area contributed by atoms with Crippen molar-refractivity contribution in [3.05, 3.63) is 78.8 Å². The summed E-state index contributed by atoms with van der Waals surface area (Å²) in [6, 6.07) is 20.3. The average molecular weight is 435 g/mol. The summed E-state index contributed by atoms with van der Waals surface area (Å²) < 4.78 is 2.20. The number of hydrogen-bond acceptors (Lipinski definition) is 5. The second kappa shape index (κ2) is 7.18. The Balaban J connectivity index is 1.49. The summed E-state index contributed by atoms with van der Waals surface area (Å²) in [6.07, 6.45) is 12.7. The number of hydrogen-bond donors (Lipinski definition) is 3. The van der Waals surface area contributed by atoms with Gasteiger partial charge in [-0.25, -0.2) is 9.98 Å². The van der Waals surface area contributed by atoms with E-state index in [1.54, 1.807) is 0 Å². The van der Waals surface area contributed by atoms with Crippen LogP contribution in [0.2, 0.25) is 0 Å². The molecule has 0 saturated heterocycles. The first-order valence-electron chi connectivity index (χ1n) is 11.8. The van der Waals surface area contributed by atoms with Crippen molar-refractivity contribution in [1.29, 1.82) is 0 Å². The van der Waals surface area contributed by atoms with Gasteiger partial charge in [-0.15, -0.1) is 0 Å². The highest BCUT2D eigenvalue weighted by Crippen LogP contribution is 2.38. The first-order valence-corrected chi connectivity index (χ1v) is 11.8. The Morgan fingerprint density at radius 2 is 1.79 bits per heavy atom. The molecule has 7 rings (SSSR count). The number of imidazole rings is 1. The molecule has 6 nitrogen and oxygen atoms in total. The lowest BCUT2D eigenvalue weighted by atomic mass is 10.0. The third kappa shape index (κ3) is 3.29. The van der Waals surface area contributed by atoms with Crippen LogP contribution < -0.4 is 16.0 Å². The number of anilines is 1. The summed E-state index contributed by atoms with van der Waals surface area (Å²) in [6.45, 7) is 0. The van der Waals surface area contributed by atoms with Crippen molar-refractivity contribution >= 4 is 28.3 Å². The molecule has 2 aliphatic carbocycles. The van der Waals surface area contributed by atoms with Crippen molar-refractivity contribution in [2.75, 3.05) is 5.32 Å². The second-order valence-electron chi connectivity index (χ2n) is 9.32. The number of nitrogens with one attached hydrogen (secondary N) is 3. The van der Waals surface area contributed by atoms with Crippen LogP contribution in [0, 0.1) is 0 Å². The normalized spacial score (nSPS) is 22.1. The zero-order valence-electron chi connectivity index (χ0n) is 18.3. The molecule has 2 aromatic heterocycles. The summed E-state index contributed by atoms with van der Waals surface area (Å²) in [5.74, 6) is -0.769. The number of rotatable bonds is 6. The van der Waals surface area contributed by atoms with Crippen LogP contribution in [-0.2, 0) is 5.79 Å². The van der Waals surface area contributed by atoms with Crippen LogP contribution in [0.3, 0.4) is 0 Å². The molecule has 0 spiro atoms. The Labute approximate surface area is 192 Å². The largest absolute Gasteiger partial charge is 0.379 e. The first-order chi connectivity index (χ1) is 16.3. The van der Waals surface area contributed by atoms with Gasteiger partial charge in [0.1, 0.15) is 5.69 Å². The van der Waals surface area contributed by atoms with Crippen molar-refractivity contribution in [2.24, 2.45) is 4.99 Å². The summed E-state index contributed by atoms with van der Waals surface area (Å²) in [5.41, 5.74) is 5.06. The topological polar surface area (TPSA) is 65.8 Å². The molecule has 1 atom stereocenters. The van der Waals surface area contributed by atoms with E-state index >= 15 is 0 Å². The van der Waals surface area contributed by atoms with Crippen LogP contribution in [0.4, 0.5) is 5.69 Å². The van der Waals surface area contributed by atoms with E-state index in [1.165, 1.54) is 36.5 Å². The van der Waals surface area contributed by atoms with E-state index in [1.807, 2.05) is 18.5 Å². The molecule has 0 radical (unpaired) electrons.